The number of ketones is 1. The molecule has 0 aromatic rings. The van der Waals surface area contributed by atoms with Gasteiger partial charge in [-0.2, -0.15) is 0 Å². The van der Waals surface area contributed by atoms with E-state index in [2.05, 4.69) is 22.1 Å². The average molecular weight is 286 g/mol. The molecule has 1 aliphatic heterocycles. The molecule has 0 amide bonds. The Hall–Kier alpha value is -1.37. The van der Waals surface area contributed by atoms with E-state index in [0.717, 1.165) is 36.6 Å². The molecule has 0 atom stereocenters. The summed E-state index contributed by atoms with van der Waals surface area (Å²) in [7, 11) is 2.03. The van der Waals surface area contributed by atoms with E-state index in [1.165, 1.54) is 25.9 Å². The molecule has 0 aromatic heterocycles. The van der Waals surface area contributed by atoms with E-state index in [9.17, 15) is 4.79 Å². The van der Waals surface area contributed by atoms with Crippen molar-refractivity contribution in [2.75, 3.05) is 33.2 Å². The molecular weight excluding hydrogens is 260 g/mol. The normalized spacial score (nSPS) is 20.6. The number of carbonyl (C=O) groups is 1. The Morgan fingerprint density at radius 2 is 2.14 bits per heavy atom. The Labute approximate surface area is 128 Å². The molecule has 0 spiro atoms. The summed E-state index contributed by atoms with van der Waals surface area (Å²) in [6.45, 7) is 6.47. The van der Waals surface area contributed by atoms with Gasteiger partial charge in [-0.3, -0.25) is 4.79 Å². The van der Waals surface area contributed by atoms with Gasteiger partial charge in [0.05, 0.1) is 0 Å². The van der Waals surface area contributed by atoms with E-state index >= 15 is 0 Å². The Morgan fingerprint density at radius 1 is 1.38 bits per heavy atom. The first-order valence-electron chi connectivity index (χ1n) is 7.96. The van der Waals surface area contributed by atoms with Crippen LogP contribution in [0, 0.1) is 17.8 Å². The van der Waals surface area contributed by atoms with E-state index in [-0.39, 0.29) is 5.78 Å². The van der Waals surface area contributed by atoms with Crippen LogP contribution in [-0.2, 0) is 4.79 Å². The quantitative estimate of drug-likeness (QED) is 0.804. The fourth-order valence-electron chi connectivity index (χ4n) is 2.90. The molecule has 1 aliphatic carbocycles. The number of nitrogens with one attached hydrogen (secondary N) is 1. The van der Waals surface area contributed by atoms with Crippen molar-refractivity contribution in [1.82, 2.24) is 10.2 Å². The van der Waals surface area contributed by atoms with Crippen molar-refractivity contribution >= 4 is 5.78 Å². The number of piperidine rings is 1. The first-order valence-corrected chi connectivity index (χ1v) is 7.96. The van der Waals surface area contributed by atoms with Crippen LogP contribution in [0.3, 0.4) is 0 Å². The lowest BCUT2D eigenvalue weighted by Gasteiger charge is -2.31. The van der Waals surface area contributed by atoms with Crippen LogP contribution >= 0.6 is 0 Å². The van der Waals surface area contributed by atoms with Gasteiger partial charge in [-0.15, -0.1) is 0 Å². The fourth-order valence-corrected chi connectivity index (χ4v) is 2.90. The highest BCUT2D eigenvalue weighted by Crippen LogP contribution is 2.16. The molecule has 2 aliphatic rings. The van der Waals surface area contributed by atoms with Gasteiger partial charge in [-0.05, 0) is 64.0 Å². The van der Waals surface area contributed by atoms with E-state index in [4.69, 9.17) is 0 Å². The van der Waals surface area contributed by atoms with Crippen LogP contribution in [0.25, 0.3) is 0 Å². The average Bonchev–Trinajstić information content (AvgIpc) is 2.49. The van der Waals surface area contributed by atoms with Crippen molar-refractivity contribution < 1.29 is 4.79 Å². The lowest BCUT2D eigenvalue weighted by molar-refractivity contribution is -0.114. The van der Waals surface area contributed by atoms with Crippen molar-refractivity contribution in [2.24, 2.45) is 5.92 Å². The van der Waals surface area contributed by atoms with E-state index < -0.39 is 0 Å². The number of hydrogen-bond acceptors (Lipinski definition) is 3. The van der Waals surface area contributed by atoms with Gasteiger partial charge >= 0.3 is 0 Å². The van der Waals surface area contributed by atoms with Crippen LogP contribution in [0.15, 0.2) is 23.3 Å². The zero-order chi connectivity index (χ0) is 15.1. The van der Waals surface area contributed by atoms with Crippen molar-refractivity contribution in [1.29, 1.82) is 0 Å². The Bertz CT molecular complexity index is 485. The third-order valence-electron chi connectivity index (χ3n) is 4.30. The first-order chi connectivity index (χ1) is 10.2. The SMILES string of the molecule is CNCC1CCN(CCC#CC2=CCC(=O)C(C)=C2)CC1. The number of allylic oxidation sites excluding steroid dienone is 4. The molecule has 0 bridgehead atoms. The number of nitrogens with zero attached hydrogens (tertiary/aromatic N) is 1. The molecule has 1 N–H and O–H groups in total. The van der Waals surface area contributed by atoms with Crippen LogP contribution in [0.1, 0.15) is 32.6 Å². The van der Waals surface area contributed by atoms with Gasteiger partial charge in [0.2, 0.25) is 0 Å². The number of likely N-dealkylation sites (tertiary alicyclic amines) is 1. The molecule has 0 unspecified atom stereocenters. The largest absolute Gasteiger partial charge is 0.319 e. The van der Waals surface area contributed by atoms with Crippen molar-refractivity contribution in [3.05, 3.63) is 23.3 Å². The topological polar surface area (TPSA) is 32.3 Å². The molecule has 1 saturated heterocycles. The molecule has 114 valence electrons. The summed E-state index contributed by atoms with van der Waals surface area (Å²) in [5.41, 5.74) is 1.83. The Balaban J connectivity index is 1.69. The summed E-state index contributed by atoms with van der Waals surface area (Å²) >= 11 is 0. The maximum absolute atomic E-state index is 11.4. The van der Waals surface area contributed by atoms with Gasteiger partial charge in [0.15, 0.2) is 5.78 Å². The monoisotopic (exact) mass is 286 g/mol. The Kier molecular flexibility index (Phi) is 6.22. The first kappa shape index (κ1) is 16.0. The lowest BCUT2D eigenvalue weighted by atomic mass is 9.97. The zero-order valence-electron chi connectivity index (χ0n) is 13.2. The minimum Gasteiger partial charge on any atom is -0.319 e. The number of rotatable bonds is 4. The predicted octanol–water partition coefficient (Wildman–Crippen LogP) is 2.16. The third-order valence-corrected chi connectivity index (χ3v) is 4.30. The van der Waals surface area contributed by atoms with Crippen LogP contribution in [0.5, 0.6) is 0 Å². The highest BCUT2D eigenvalue weighted by molar-refractivity contribution is 5.97. The summed E-state index contributed by atoms with van der Waals surface area (Å²) in [5, 5.41) is 3.27. The minimum absolute atomic E-state index is 0.213. The molecule has 1 fully saturated rings. The summed E-state index contributed by atoms with van der Waals surface area (Å²) in [4.78, 5) is 13.9. The molecule has 0 radical (unpaired) electrons. The summed E-state index contributed by atoms with van der Waals surface area (Å²) in [5.74, 6) is 7.49. The molecule has 1 heterocycles. The van der Waals surface area contributed by atoms with Gasteiger partial charge in [0.25, 0.3) is 0 Å². The van der Waals surface area contributed by atoms with Crippen molar-refractivity contribution in [3.63, 3.8) is 0 Å². The minimum atomic E-state index is 0.213. The molecule has 3 heteroatoms. The lowest BCUT2D eigenvalue weighted by Crippen LogP contribution is -2.37. The zero-order valence-corrected chi connectivity index (χ0v) is 13.2. The second-order valence-corrected chi connectivity index (χ2v) is 6.01. The van der Waals surface area contributed by atoms with Crippen molar-refractivity contribution in [2.45, 2.75) is 32.6 Å². The summed E-state index contributed by atoms with van der Waals surface area (Å²) in [6.07, 6.45) is 7.85. The molecular formula is C18H26N2O. The summed E-state index contributed by atoms with van der Waals surface area (Å²) in [6, 6.07) is 0. The van der Waals surface area contributed by atoms with Gasteiger partial charge in [-0.1, -0.05) is 17.9 Å². The van der Waals surface area contributed by atoms with Crippen LogP contribution < -0.4 is 5.32 Å². The standard InChI is InChI=1S/C18H26N2O/c1-15-13-16(6-7-18(15)21)5-3-4-10-20-11-8-17(9-12-20)14-19-2/h6,13,17,19H,4,7-12,14H2,1-2H3. The number of hydrogen-bond donors (Lipinski definition) is 1. The summed E-state index contributed by atoms with van der Waals surface area (Å²) < 4.78 is 0. The predicted molar refractivity (Wildman–Crippen MR) is 86.9 cm³/mol. The number of Topliss-reactive ketones (excluding diaryl/α,β-unsaturated/α-hetero) is 1. The third kappa shape index (κ3) is 5.15. The molecule has 0 aromatic carbocycles. The van der Waals surface area contributed by atoms with Crippen LogP contribution in [0.4, 0.5) is 0 Å². The second-order valence-electron chi connectivity index (χ2n) is 6.01. The highest BCUT2D eigenvalue weighted by atomic mass is 16.1. The van der Waals surface area contributed by atoms with E-state index in [1.807, 2.05) is 26.1 Å². The van der Waals surface area contributed by atoms with E-state index in [1.54, 1.807) is 0 Å². The second kappa shape index (κ2) is 8.17. The molecule has 0 saturated carbocycles. The highest BCUT2D eigenvalue weighted by Gasteiger charge is 2.17. The molecule has 21 heavy (non-hydrogen) atoms. The van der Waals surface area contributed by atoms with Gasteiger partial charge < -0.3 is 10.2 Å². The smallest absolute Gasteiger partial charge is 0.162 e. The number of carbonyl (C=O) groups excluding carboxylic acids is 1. The Morgan fingerprint density at radius 3 is 2.81 bits per heavy atom. The van der Waals surface area contributed by atoms with Gasteiger partial charge in [0.1, 0.15) is 0 Å². The van der Waals surface area contributed by atoms with Gasteiger partial charge in [-0.25, -0.2) is 0 Å². The fraction of sp³-hybridized carbons (Fsp3) is 0.611. The van der Waals surface area contributed by atoms with E-state index in [0.29, 0.717) is 6.42 Å². The van der Waals surface area contributed by atoms with Crippen LogP contribution in [-0.4, -0.2) is 43.9 Å². The maximum atomic E-state index is 11.4. The maximum Gasteiger partial charge on any atom is 0.162 e. The van der Waals surface area contributed by atoms with Crippen LogP contribution in [0.2, 0.25) is 0 Å². The van der Waals surface area contributed by atoms with Crippen molar-refractivity contribution in [3.8, 4) is 11.8 Å². The van der Waals surface area contributed by atoms with Gasteiger partial charge in [0, 0.05) is 25.0 Å². The molecule has 3 nitrogen and oxygen atoms in total. The molecule has 2 rings (SSSR count).